The summed E-state index contributed by atoms with van der Waals surface area (Å²) in [6.45, 7) is 1.34. The Morgan fingerprint density at radius 2 is 1.86 bits per heavy atom. The molecule has 4 nitrogen and oxygen atoms in total. The number of nitrogens with zero attached hydrogens (tertiary/aromatic N) is 1. The van der Waals surface area contributed by atoms with Gasteiger partial charge in [0.1, 0.15) is 0 Å². The average Bonchev–Trinajstić information content (AvgIpc) is 2.77. The van der Waals surface area contributed by atoms with Crippen LogP contribution in [0.4, 0.5) is 0 Å². The Bertz CT molecular complexity index is 505. The Labute approximate surface area is 128 Å². The highest BCUT2D eigenvalue weighted by atomic mass is 32.2. The summed E-state index contributed by atoms with van der Waals surface area (Å²) in [6, 6.07) is 7.03. The fourth-order valence-electron chi connectivity index (χ4n) is 2.75. The largest absolute Gasteiger partial charge is 0.377 e. The van der Waals surface area contributed by atoms with E-state index in [1.807, 2.05) is 0 Å². The number of benzene rings is 1. The molecular formula is C16H19NO3S. The van der Waals surface area contributed by atoms with E-state index in [0.717, 1.165) is 31.0 Å². The van der Waals surface area contributed by atoms with Gasteiger partial charge in [0.15, 0.2) is 0 Å². The molecule has 5 heteroatoms. The molecule has 2 aliphatic heterocycles. The summed E-state index contributed by atoms with van der Waals surface area (Å²) in [5, 5.41) is 0. The third-order valence-corrected chi connectivity index (χ3v) is 4.99. The molecule has 0 radical (unpaired) electrons. The van der Waals surface area contributed by atoms with E-state index in [4.69, 9.17) is 4.74 Å². The van der Waals surface area contributed by atoms with E-state index < -0.39 is 0 Å². The van der Waals surface area contributed by atoms with Crippen molar-refractivity contribution >= 4 is 23.6 Å². The van der Waals surface area contributed by atoms with Crippen LogP contribution in [-0.2, 0) is 4.74 Å². The number of rotatable bonds is 5. The maximum atomic E-state index is 12.2. The lowest BCUT2D eigenvalue weighted by Crippen LogP contribution is -2.32. The fraction of sp³-hybridized carbons (Fsp3) is 0.500. The second kappa shape index (κ2) is 6.62. The van der Waals surface area contributed by atoms with E-state index in [9.17, 15) is 9.59 Å². The first kappa shape index (κ1) is 14.6. The van der Waals surface area contributed by atoms with Gasteiger partial charge in [0.05, 0.1) is 17.2 Å². The molecule has 1 fully saturated rings. The molecule has 1 atom stereocenters. The number of carbonyl (C=O) groups excluding carboxylic acids is 2. The Hall–Kier alpha value is -1.33. The summed E-state index contributed by atoms with van der Waals surface area (Å²) < 4.78 is 5.67. The van der Waals surface area contributed by atoms with Gasteiger partial charge in [0.2, 0.25) is 0 Å². The molecule has 0 aromatic heterocycles. The van der Waals surface area contributed by atoms with Crippen molar-refractivity contribution in [1.82, 2.24) is 4.90 Å². The maximum absolute atomic E-state index is 12.2. The number of ether oxygens (including phenoxy) is 1. The van der Waals surface area contributed by atoms with E-state index in [-0.39, 0.29) is 11.8 Å². The van der Waals surface area contributed by atoms with Crippen LogP contribution in [0.5, 0.6) is 0 Å². The van der Waals surface area contributed by atoms with E-state index in [1.165, 1.54) is 11.3 Å². The second-order valence-electron chi connectivity index (χ2n) is 5.37. The number of imide groups is 1. The summed E-state index contributed by atoms with van der Waals surface area (Å²) in [4.78, 5) is 25.7. The quantitative estimate of drug-likeness (QED) is 0.619. The van der Waals surface area contributed by atoms with Gasteiger partial charge < -0.3 is 4.74 Å². The lowest BCUT2D eigenvalue weighted by Gasteiger charge is -2.22. The van der Waals surface area contributed by atoms with Crippen LogP contribution < -0.4 is 0 Å². The molecule has 1 saturated heterocycles. The van der Waals surface area contributed by atoms with Gasteiger partial charge in [-0.1, -0.05) is 12.1 Å². The van der Waals surface area contributed by atoms with E-state index in [2.05, 4.69) is 0 Å². The molecule has 2 amide bonds. The third kappa shape index (κ3) is 3.14. The number of amides is 2. The molecule has 112 valence electrons. The standard InChI is InChI=1S/C16H19NO3S/c18-15-13-6-1-2-7-14(13)16(19)17(15)8-10-21-11-12-5-3-4-9-20-12/h1-2,6-7,12H,3-5,8-11H2. The predicted octanol–water partition coefficient (Wildman–Crippen LogP) is 2.58. The molecular weight excluding hydrogens is 286 g/mol. The first-order valence-electron chi connectivity index (χ1n) is 7.42. The zero-order chi connectivity index (χ0) is 14.7. The molecule has 2 aliphatic rings. The summed E-state index contributed by atoms with van der Waals surface area (Å²) in [7, 11) is 0. The van der Waals surface area contributed by atoms with Crippen molar-refractivity contribution in [3.8, 4) is 0 Å². The summed E-state index contributed by atoms with van der Waals surface area (Å²) in [6.07, 6.45) is 3.87. The topological polar surface area (TPSA) is 46.6 Å². The van der Waals surface area contributed by atoms with Crippen molar-refractivity contribution in [2.75, 3.05) is 24.7 Å². The molecule has 0 N–H and O–H groups in total. The average molecular weight is 305 g/mol. The highest BCUT2D eigenvalue weighted by Crippen LogP contribution is 2.23. The van der Waals surface area contributed by atoms with Crippen LogP contribution in [0.1, 0.15) is 40.0 Å². The molecule has 0 bridgehead atoms. The smallest absolute Gasteiger partial charge is 0.261 e. The van der Waals surface area contributed by atoms with E-state index in [1.54, 1.807) is 36.0 Å². The summed E-state index contributed by atoms with van der Waals surface area (Å²) in [5.74, 6) is 1.39. The third-order valence-electron chi connectivity index (χ3n) is 3.92. The lowest BCUT2D eigenvalue weighted by atomic mass is 10.1. The Morgan fingerprint density at radius 1 is 1.14 bits per heavy atom. The molecule has 1 aromatic rings. The first-order chi connectivity index (χ1) is 10.3. The Kier molecular flexibility index (Phi) is 4.60. The number of thioether (sulfide) groups is 1. The minimum Gasteiger partial charge on any atom is -0.377 e. The monoisotopic (exact) mass is 305 g/mol. The maximum Gasteiger partial charge on any atom is 0.261 e. The van der Waals surface area contributed by atoms with Crippen LogP contribution in [0.25, 0.3) is 0 Å². The Morgan fingerprint density at radius 3 is 2.48 bits per heavy atom. The minimum atomic E-state index is -0.162. The van der Waals surface area contributed by atoms with Crippen LogP contribution in [0.3, 0.4) is 0 Å². The Balaban J connectivity index is 1.48. The van der Waals surface area contributed by atoms with Crippen LogP contribution >= 0.6 is 11.8 Å². The molecule has 3 rings (SSSR count). The van der Waals surface area contributed by atoms with Crippen molar-refractivity contribution in [3.63, 3.8) is 0 Å². The summed E-state index contributed by atoms with van der Waals surface area (Å²) >= 11 is 1.76. The zero-order valence-corrected chi connectivity index (χ0v) is 12.7. The molecule has 21 heavy (non-hydrogen) atoms. The van der Waals surface area contributed by atoms with Crippen molar-refractivity contribution < 1.29 is 14.3 Å². The lowest BCUT2D eigenvalue weighted by molar-refractivity contribution is 0.0315. The van der Waals surface area contributed by atoms with Gasteiger partial charge in [-0.15, -0.1) is 0 Å². The number of hydrogen-bond donors (Lipinski definition) is 0. The number of carbonyl (C=O) groups is 2. The van der Waals surface area contributed by atoms with Crippen LogP contribution in [0.15, 0.2) is 24.3 Å². The molecule has 1 aromatic carbocycles. The highest BCUT2D eigenvalue weighted by Gasteiger charge is 2.34. The van der Waals surface area contributed by atoms with Gasteiger partial charge in [-0.25, -0.2) is 0 Å². The minimum absolute atomic E-state index is 0.162. The van der Waals surface area contributed by atoms with Gasteiger partial charge in [-0.2, -0.15) is 11.8 Å². The molecule has 1 unspecified atom stereocenters. The molecule has 0 spiro atoms. The predicted molar refractivity (Wildman–Crippen MR) is 82.7 cm³/mol. The van der Waals surface area contributed by atoms with E-state index in [0.29, 0.717) is 23.8 Å². The van der Waals surface area contributed by atoms with Gasteiger partial charge in [0, 0.05) is 24.7 Å². The number of fused-ring (bicyclic) bond motifs is 1. The fourth-order valence-corrected chi connectivity index (χ4v) is 3.76. The van der Waals surface area contributed by atoms with Gasteiger partial charge in [-0.05, 0) is 31.4 Å². The normalized spacial score (nSPS) is 21.7. The second-order valence-corrected chi connectivity index (χ2v) is 6.52. The van der Waals surface area contributed by atoms with Crippen LogP contribution in [0, 0.1) is 0 Å². The summed E-state index contributed by atoms with van der Waals surface area (Å²) in [5.41, 5.74) is 1.06. The molecule has 0 saturated carbocycles. The van der Waals surface area contributed by atoms with Crippen molar-refractivity contribution in [1.29, 1.82) is 0 Å². The number of hydrogen-bond acceptors (Lipinski definition) is 4. The SMILES string of the molecule is O=C1c2ccccc2C(=O)N1CCSCC1CCCCO1. The van der Waals surface area contributed by atoms with E-state index >= 15 is 0 Å². The molecule has 0 aliphatic carbocycles. The van der Waals surface area contributed by atoms with Gasteiger partial charge in [0.25, 0.3) is 11.8 Å². The highest BCUT2D eigenvalue weighted by molar-refractivity contribution is 7.99. The molecule has 2 heterocycles. The van der Waals surface area contributed by atoms with Crippen LogP contribution in [0.2, 0.25) is 0 Å². The van der Waals surface area contributed by atoms with Crippen molar-refractivity contribution in [2.45, 2.75) is 25.4 Å². The van der Waals surface area contributed by atoms with Crippen LogP contribution in [-0.4, -0.2) is 47.5 Å². The zero-order valence-electron chi connectivity index (χ0n) is 11.9. The van der Waals surface area contributed by atoms with Gasteiger partial charge in [-0.3, -0.25) is 14.5 Å². The van der Waals surface area contributed by atoms with Crippen molar-refractivity contribution in [2.24, 2.45) is 0 Å². The first-order valence-corrected chi connectivity index (χ1v) is 8.57. The van der Waals surface area contributed by atoms with Gasteiger partial charge >= 0.3 is 0 Å². The van der Waals surface area contributed by atoms with Crippen molar-refractivity contribution in [3.05, 3.63) is 35.4 Å².